The van der Waals surface area contributed by atoms with Crippen molar-refractivity contribution in [3.8, 4) is 0 Å². The summed E-state index contributed by atoms with van der Waals surface area (Å²) in [6.45, 7) is 9.42. The van der Waals surface area contributed by atoms with Crippen LogP contribution < -0.4 is 20.9 Å². The monoisotopic (exact) mass is 521 g/mol. The summed E-state index contributed by atoms with van der Waals surface area (Å²) in [7, 11) is 1.66. The van der Waals surface area contributed by atoms with E-state index in [0.29, 0.717) is 23.5 Å². The number of aliphatic imine (C=N–C) groups is 1. The summed E-state index contributed by atoms with van der Waals surface area (Å²) in [6, 6.07) is 8.45. The molecule has 0 saturated heterocycles. The molecule has 2 aromatic rings. The number of hydrogen-bond acceptors (Lipinski definition) is 5. The smallest absolute Gasteiger partial charge is 0.389 e. The Morgan fingerprint density at radius 2 is 1.65 bits per heavy atom. The van der Waals surface area contributed by atoms with Gasteiger partial charge in [-0.1, -0.05) is 20.8 Å². The summed E-state index contributed by atoms with van der Waals surface area (Å²) >= 11 is 0. The van der Waals surface area contributed by atoms with Gasteiger partial charge in [-0.3, -0.25) is 10.1 Å². The zero-order valence-corrected chi connectivity index (χ0v) is 21.8. The van der Waals surface area contributed by atoms with Crippen LogP contribution in [-0.2, 0) is 11.0 Å². The topological polar surface area (TPSA) is 106 Å². The molecular weight excluding hydrogens is 487 g/mol. The number of carbonyl (C=O) groups excluding carboxylic acids is 2. The number of nitrogens with zero attached hydrogens (tertiary/aromatic N) is 2. The van der Waals surface area contributed by atoms with Crippen LogP contribution in [0.15, 0.2) is 47.5 Å². The van der Waals surface area contributed by atoms with E-state index < -0.39 is 23.4 Å². The molecule has 0 saturated carbocycles. The summed E-state index contributed by atoms with van der Waals surface area (Å²) in [5, 5.41) is 18.0. The minimum Gasteiger partial charge on any atom is -0.389 e. The molecule has 0 aliphatic carbocycles. The molecule has 8 nitrogen and oxygen atoms in total. The van der Waals surface area contributed by atoms with E-state index in [1.165, 1.54) is 4.90 Å². The Labute approximate surface area is 215 Å². The third-order valence-electron chi connectivity index (χ3n) is 5.01. The highest BCUT2D eigenvalue weighted by Crippen LogP contribution is 2.32. The number of aliphatic hydroxyl groups is 1. The summed E-state index contributed by atoms with van der Waals surface area (Å²) in [6.07, 6.45) is -3.00. The van der Waals surface area contributed by atoms with Gasteiger partial charge >= 0.3 is 12.2 Å². The van der Waals surface area contributed by atoms with Gasteiger partial charge in [-0.25, -0.2) is 9.79 Å². The van der Waals surface area contributed by atoms with E-state index >= 15 is 0 Å². The number of benzene rings is 2. The maximum absolute atomic E-state index is 12.7. The molecule has 0 radical (unpaired) electrons. The summed E-state index contributed by atoms with van der Waals surface area (Å²) in [4.78, 5) is 30.7. The average Bonchev–Trinajstić information content (AvgIpc) is 2.75. The molecule has 0 aromatic heterocycles. The summed E-state index contributed by atoms with van der Waals surface area (Å²) < 4.78 is 38.1. The molecule has 0 aliphatic heterocycles. The lowest BCUT2D eigenvalue weighted by Crippen LogP contribution is -2.30. The quantitative estimate of drug-likeness (QED) is 0.261. The van der Waals surface area contributed by atoms with Crippen LogP contribution in [0.3, 0.4) is 0 Å². The molecule has 2 rings (SSSR count). The van der Waals surface area contributed by atoms with Gasteiger partial charge in [0, 0.05) is 31.4 Å². The van der Waals surface area contributed by atoms with Crippen LogP contribution >= 0.6 is 0 Å². The standard InChI is InChI=1S/C26H34F3N5O3/c1-24(2,3)14-22(35)34(6)19-11-12-20(30-15-25(4,5)37)21(13-19)31-16-32-23(36)33-18-9-7-17(8-10-18)26(27,28)29/h7-13,16,30,37H,14-15H2,1-6H3,(H2,31,32,33,36). The Balaban J connectivity index is 2.17. The highest BCUT2D eigenvalue weighted by Gasteiger charge is 2.30. The minimum atomic E-state index is -4.47. The van der Waals surface area contributed by atoms with E-state index in [0.717, 1.165) is 30.6 Å². The van der Waals surface area contributed by atoms with Gasteiger partial charge in [-0.15, -0.1) is 0 Å². The number of halogens is 3. The molecule has 0 fully saturated rings. The number of urea groups is 1. The molecule has 11 heteroatoms. The lowest BCUT2D eigenvalue weighted by molar-refractivity contribution is -0.137. The molecule has 4 N–H and O–H groups in total. The summed E-state index contributed by atoms with van der Waals surface area (Å²) in [5.41, 5.74) is -0.298. The van der Waals surface area contributed by atoms with Crippen molar-refractivity contribution in [1.29, 1.82) is 0 Å². The molecule has 2 aromatic carbocycles. The zero-order valence-electron chi connectivity index (χ0n) is 21.8. The van der Waals surface area contributed by atoms with Crippen LogP contribution in [0, 0.1) is 5.41 Å². The van der Waals surface area contributed by atoms with Crippen LogP contribution in [0.5, 0.6) is 0 Å². The first-order valence-electron chi connectivity index (χ1n) is 11.6. The van der Waals surface area contributed by atoms with E-state index in [1.54, 1.807) is 39.1 Å². The Morgan fingerprint density at radius 3 is 2.19 bits per heavy atom. The van der Waals surface area contributed by atoms with Gasteiger partial charge < -0.3 is 20.6 Å². The molecule has 202 valence electrons. The molecule has 0 aliphatic rings. The molecule has 3 amide bonds. The number of anilines is 3. The number of rotatable bonds is 8. The third-order valence-corrected chi connectivity index (χ3v) is 5.01. The summed E-state index contributed by atoms with van der Waals surface area (Å²) in [5.74, 6) is -0.0753. The largest absolute Gasteiger partial charge is 0.416 e. The van der Waals surface area contributed by atoms with Gasteiger partial charge in [0.15, 0.2) is 0 Å². The highest BCUT2D eigenvalue weighted by molar-refractivity contribution is 5.97. The lowest BCUT2D eigenvalue weighted by Gasteiger charge is -2.24. The van der Waals surface area contributed by atoms with Crippen molar-refractivity contribution in [3.05, 3.63) is 48.0 Å². The third kappa shape index (κ3) is 10.1. The Bertz CT molecular complexity index is 1120. The van der Waals surface area contributed by atoms with Crippen molar-refractivity contribution >= 4 is 41.0 Å². The first-order valence-corrected chi connectivity index (χ1v) is 11.6. The van der Waals surface area contributed by atoms with Crippen molar-refractivity contribution < 1.29 is 27.9 Å². The number of nitrogens with one attached hydrogen (secondary N) is 3. The second kappa shape index (κ2) is 11.6. The fourth-order valence-electron chi connectivity index (χ4n) is 3.08. The second-order valence-electron chi connectivity index (χ2n) is 10.5. The fraction of sp³-hybridized carbons (Fsp3) is 0.423. The lowest BCUT2D eigenvalue weighted by atomic mass is 9.91. The van der Waals surface area contributed by atoms with Gasteiger partial charge in [-0.2, -0.15) is 13.2 Å². The molecule has 0 spiro atoms. The molecule has 0 heterocycles. The van der Waals surface area contributed by atoms with E-state index in [4.69, 9.17) is 0 Å². The van der Waals surface area contributed by atoms with E-state index in [1.807, 2.05) is 20.8 Å². The SMILES string of the molecule is CN(C(=O)CC(C)(C)C)c1ccc(NCC(C)(C)O)c(N=CNC(=O)Nc2ccc(C(F)(F)F)cc2)c1. The Kier molecular flexibility index (Phi) is 9.32. The number of amides is 3. The molecule has 37 heavy (non-hydrogen) atoms. The van der Waals surface area contributed by atoms with E-state index in [9.17, 15) is 27.9 Å². The zero-order chi connectivity index (χ0) is 28.0. The fourth-order valence-corrected chi connectivity index (χ4v) is 3.08. The average molecular weight is 522 g/mol. The van der Waals surface area contributed by atoms with Gasteiger partial charge in [0.2, 0.25) is 5.91 Å². The van der Waals surface area contributed by atoms with Crippen molar-refractivity contribution in [1.82, 2.24) is 5.32 Å². The van der Waals surface area contributed by atoms with Crippen molar-refractivity contribution in [2.45, 2.75) is 52.8 Å². The van der Waals surface area contributed by atoms with E-state index in [2.05, 4.69) is 20.9 Å². The van der Waals surface area contributed by atoms with Crippen LogP contribution in [0.4, 0.5) is 40.7 Å². The van der Waals surface area contributed by atoms with Gasteiger partial charge in [0.1, 0.15) is 0 Å². The molecule has 0 atom stereocenters. The van der Waals surface area contributed by atoms with Crippen molar-refractivity contribution in [2.75, 3.05) is 29.1 Å². The first-order chi connectivity index (χ1) is 16.9. The van der Waals surface area contributed by atoms with Gasteiger partial charge in [0.05, 0.1) is 28.9 Å². The maximum Gasteiger partial charge on any atom is 0.416 e. The number of alkyl halides is 3. The molecule has 0 unspecified atom stereocenters. The van der Waals surface area contributed by atoms with Crippen LogP contribution in [0.1, 0.15) is 46.6 Å². The van der Waals surface area contributed by atoms with Crippen LogP contribution in [0.25, 0.3) is 0 Å². The Morgan fingerprint density at radius 1 is 1.03 bits per heavy atom. The van der Waals surface area contributed by atoms with Crippen molar-refractivity contribution in [3.63, 3.8) is 0 Å². The number of hydrogen-bond donors (Lipinski definition) is 4. The normalized spacial score (nSPS) is 12.4. The van der Waals surface area contributed by atoms with Crippen LogP contribution in [-0.4, -0.2) is 42.6 Å². The maximum atomic E-state index is 12.7. The predicted molar refractivity (Wildman–Crippen MR) is 140 cm³/mol. The van der Waals surface area contributed by atoms with Gasteiger partial charge in [0.25, 0.3) is 0 Å². The predicted octanol–water partition coefficient (Wildman–Crippen LogP) is 5.77. The van der Waals surface area contributed by atoms with Crippen molar-refractivity contribution in [2.24, 2.45) is 10.4 Å². The first kappa shape index (κ1) is 29.6. The van der Waals surface area contributed by atoms with Gasteiger partial charge in [-0.05, 0) is 61.7 Å². The molecular formula is C26H34F3N5O3. The van der Waals surface area contributed by atoms with E-state index in [-0.39, 0.29) is 23.6 Å². The Hall–Kier alpha value is -3.60. The van der Waals surface area contributed by atoms with Crippen LogP contribution in [0.2, 0.25) is 0 Å². The highest BCUT2D eigenvalue weighted by atomic mass is 19.4. The molecule has 0 bridgehead atoms. The second-order valence-corrected chi connectivity index (χ2v) is 10.5. The minimum absolute atomic E-state index is 0.0753. The number of carbonyl (C=O) groups is 2.